The first-order valence-corrected chi connectivity index (χ1v) is 6.92. The van der Waals surface area contributed by atoms with Crippen LogP contribution in [0.4, 0.5) is 0 Å². The van der Waals surface area contributed by atoms with Crippen LogP contribution in [-0.4, -0.2) is 30.7 Å². The lowest BCUT2D eigenvalue weighted by Gasteiger charge is -2.42. The van der Waals surface area contributed by atoms with Crippen molar-refractivity contribution in [3.8, 4) is 0 Å². The van der Waals surface area contributed by atoms with E-state index in [9.17, 15) is 4.79 Å². The van der Waals surface area contributed by atoms with Gasteiger partial charge in [0.25, 0.3) is 5.91 Å². The highest BCUT2D eigenvalue weighted by molar-refractivity contribution is 5.94. The summed E-state index contributed by atoms with van der Waals surface area (Å²) < 4.78 is 5.54. The maximum Gasteiger partial charge on any atom is 0.251 e. The number of hydrogen-bond donors (Lipinski definition) is 2. The Hall–Kier alpha value is -1.39. The first-order chi connectivity index (χ1) is 9.15. The Bertz CT molecular complexity index is 428. The van der Waals surface area contributed by atoms with Crippen LogP contribution in [-0.2, 0) is 11.2 Å². The van der Waals surface area contributed by atoms with Crippen molar-refractivity contribution in [2.24, 2.45) is 5.73 Å². The van der Waals surface area contributed by atoms with Gasteiger partial charge in [0, 0.05) is 18.2 Å². The molecule has 104 valence electrons. The topological polar surface area (TPSA) is 64.3 Å². The molecule has 4 heteroatoms. The second-order valence-electron chi connectivity index (χ2n) is 4.94. The number of carbonyl (C=O) groups is 1. The lowest BCUT2D eigenvalue weighted by atomic mass is 9.83. The third-order valence-electron chi connectivity index (χ3n) is 3.67. The van der Waals surface area contributed by atoms with Gasteiger partial charge in [-0.3, -0.25) is 4.79 Å². The molecule has 3 atom stereocenters. The summed E-state index contributed by atoms with van der Waals surface area (Å²) in [7, 11) is 0. The summed E-state index contributed by atoms with van der Waals surface area (Å²) in [5.74, 6) is -0.0764. The second kappa shape index (κ2) is 6.17. The molecule has 1 aromatic rings. The van der Waals surface area contributed by atoms with Crippen LogP contribution in [0.2, 0.25) is 0 Å². The highest BCUT2D eigenvalue weighted by Gasteiger charge is 2.40. The molecule has 1 aliphatic rings. The molecule has 0 saturated heterocycles. The predicted molar refractivity (Wildman–Crippen MR) is 75.1 cm³/mol. The molecular formula is C15H22N2O2. The molecule has 1 aliphatic carbocycles. The van der Waals surface area contributed by atoms with Crippen molar-refractivity contribution in [2.75, 3.05) is 6.61 Å². The normalized spacial score (nSPS) is 25.7. The minimum atomic E-state index is -0.0764. The van der Waals surface area contributed by atoms with Crippen molar-refractivity contribution in [1.82, 2.24) is 5.32 Å². The van der Waals surface area contributed by atoms with Crippen LogP contribution in [0.15, 0.2) is 24.3 Å². The fourth-order valence-electron chi connectivity index (χ4n) is 2.35. The van der Waals surface area contributed by atoms with E-state index in [-0.39, 0.29) is 24.1 Å². The molecule has 19 heavy (non-hydrogen) atoms. The zero-order valence-corrected chi connectivity index (χ0v) is 11.6. The van der Waals surface area contributed by atoms with Gasteiger partial charge in [0.05, 0.1) is 12.1 Å². The molecule has 1 aromatic carbocycles. The van der Waals surface area contributed by atoms with Crippen molar-refractivity contribution in [3.63, 3.8) is 0 Å². The Labute approximate surface area is 114 Å². The van der Waals surface area contributed by atoms with E-state index in [2.05, 4.69) is 12.2 Å². The van der Waals surface area contributed by atoms with Gasteiger partial charge in [-0.25, -0.2) is 0 Å². The molecule has 0 bridgehead atoms. The second-order valence-corrected chi connectivity index (χ2v) is 4.94. The molecule has 0 aromatic heterocycles. The molecule has 3 unspecified atom stereocenters. The molecule has 3 N–H and O–H groups in total. The Kier molecular flexibility index (Phi) is 4.56. The van der Waals surface area contributed by atoms with E-state index < -0.39 is 0 Å². The Balaban J connectivity index is 1.96. The zero-order valence-electron chi connectivity index (χ0n) is 11.6. The Morgan fingerprint density at radius 1 is 1.37 bits per heavy atom. The molecule has 1 amide bonds. The van der Waals surface area contributed by atoms with Gasteiger partial charge in [0.1, 0.15) is 0 Å². The van der Waals surface area contributed by atoms with Crippen LogP contribution >= 0.6 is 0 Å². The number of carbonyl (C=O) groups excluding carboxylic acids is 1. The third-order valence-corrected chi connectivity index (χ3v) is 3.67. The number of hydrogen-bond acceptors (Lipinski definition) is 3. The number of nitrogens with two attached hydrogens (primary N) is 1. The number of amides is 1. The van der Waals surface area contributed by atoms with Crippen molar-refractivity contribution in [1.29, 1.82) is 0 Å². The largest absolute Gasteiger partial charge is 0.376 e. The SMILES string of the molecule is CCOC1CC(N)C1NC(=O)c1ccc(CC)cc1. The average molecular weight is 262 g/mol. The van der Waals surface area contributed by atoms with E-state index in [1.165, 1.54) is 5.56 Å². The predicted octanol–water partition coefficient (Wildman–Crippen LogP) is 1.48. The monoisotopic (exact) mass is 262 g/mol. The number of rotatable bonds is 5. The van der Waals surface area contributed by atoms with E-state index >= 15 is 0 Å². The third kappa shape index (κ3) is 3.14. The molecule has 2 rings (SSSR count). The standard InChI is InChI=1S/C15H22N2O2/c1-3-10-5-7-11(8-6-10)15(18)17-14-12(16)9-13(14)19-4-2/h5-8,12-14H,3-4,9,16H2,1-2H3,(H,17,18). The maximum atomic E-state index is 12.1. The Morgan fingerprint density at radius 3 is 2.58 bits per heavy atom. The minimum Gasteiger partial charge on any atom is -0.376 e. The van der Waals surface area contributed by atoms with Crippen molar-refractivity contribution in [3.05, 3.63) is 35.4 Å². The highest BCUT2D eigenvalue weighted by atomic mass is 16.5. The van der Waals surface area contributed by atoms with Gasteiger partial charge < -0.3 is 15.8 Å². The Morgan fingerprint density at radius 2 is 2.05 bits per heavy atom. The van der Waals surface area contributed by atoms with E-state index in [0.717, 1.165) is 12.8 Å². The number of benzene rings is 1. The summed E-state index contributed by atoms with van der Waals surface area (Å²) in [6.45, 7) is 4.69. The van der Waals surface area contributed by atoms with Gasteiger partial charge >= 0.3 is 0 Å². The summed E-state index contributed by atoms with van der Waals surface area (Å²) in [6.07, 6.45) is 1.84. The van der Waals surface area contributed by atoms with Gasteiger partial charge in [0.15, 0.2) is 0 Å². The maximum absolute atomic E-state index is 12.1. The molecule has 1 fully saturated rings. The lowest BCUT2D eigenvalue weighted by Crippen LogP contribution is -2.64. The summed E-state index contributed by atoms with van der Waals surface area (Å²) in [5.41, 5.74) is 7.82. The van der Waals surface area contributed by atoms with Gasteiger partial charge in [0.2, 0.25) is 0 Å². The fraction of sp³-hybridized carbons (Fsp3) is 0.533. The molecule has 1 saturated carbocycles. The van der Waals surface area contributed by atoms with Gasteiger partial charge in [-0.15, -0.1) is 0 Å². The van der Waals surface area contributed by atoms with Gasteiger partial charge in [-0.2, -0.15) is 0 Å². The molecule has 4 nitrogen and oxygen atoms in total. The van der Waals surface area contributed by atoms with Crippen LogP contribution in [0.3, 0.4) is 0 Å². The number of nitrogens with one attached hydrogen (secondary N) is 1. The van der Waals surface area contributed by atoms with Crippen LogP contribution < -0.4 is 11.1 Å². The van der Waals surface area contributed by atoms with Crippen molar-refractivity contribution in [2.45, 2.75) is 44.9 Å². The number of aryl methyl sites for hydroxylation is 1. The summed E-state index contributed by atoms with van der Waals surface area (Å²) in [5, 5.41) is 2.97. The molecular weight excluding hydrogens is 240 g/mol. The van der Waals surface area contributed by atoms with E-state index in [4.69, 9.17) is 10.5 Å². The van der Waals surface area contributed by atoms with Gasteiger partial charge in [-0.1, -0.05) is 19.1 Å². The first-order valence-electron chi connectivity index (χ1n) is 6.92. The quantitative estimate of drug-likeness (QED) is 0.845. The van der Waals surface area contributed by atoms with Gasteiger partial charge in [-0.05, 0) is 37.5 Å². The average Bonchev–Trinajstić information content (AvgIpc) is 2.44. The fourth-order valence-corrected chi connectivity index (χ4v) is 2.35. The van der Waals surface area contributed by atoms with Crippen LogP contribution in [0, 0.1) is 0 Å². The smallest absolute Gasteiger partial charge is 0.251 e. The van der Waals surface area contributed by atoms with E-state index in [1.54, 1.807) is 0 Å². The number of ether oxygens (including phenoxy) is 1. The molecule has 0 aliphatic heterocycles. The summed E-state index contributed by atoms with van der Waals surface area (Å²) in [6, 6.07) is 7.60. The zero-order chi connectivity index (χ0) is 13.8. The molecule has 0 heterocycles. The summed E-state index contributed by atoms with van der Waals surface area (Å²) >= 11 is 0. The minimum absolute atomic E-state index is 0.00425. The van der Waals surface area contributed by atoms with Crippen LogP contribution in [0.5, 0.6) is 0 Å². The summed E-state index contributed by atoms with van der Waals surface area (Å²) in [4.78, 5) is 12.1. The highest BCUT2D eigenvalue weighted by Crippen LogP contribution is 2.23. The molecule has 0 spiro atoms. The molecule has 0 radical (unpaired) electrons. The lowest BCUT2D eigenvalue weighted by molar-refractivity contribution is -0.0300. The van der Waals surface area contributed by atoms with Crippen LogP contribution in [0.25, 0.3) is 0 Å². The first kappa shape index (κ1) is 14.0. The van der Waals surface area contributed by atoms with Crippen LogP contribution in [0.1, 0.15) is 36.2 Å². The van der Waals surface area contributed by atoms with E-state index in [0.29, 0.717) is 12.2 Å². The van der Waals surface area contributed by atoms with E-state index in [1.807, 2.05) is 31.2 Å². The van der Waals surface area contributed by atoms with Crippen molar-refractivity contribution < 1.29 is 9.53 Å². The van der Waals surface area contributed by atoms with Crippen molar-refractivity contribution >= 4 is 5.91 Å².